The molecule has 0 spiro atoms. The SMILES string of the molecule is COc1ccc(OC)c(S(=O)(=O)Nc2ccc(C)c(N3CCCC3=O)c2)c1. The summed E-state index contributed by atoms with van der Waals surface area (Å²) >= 11 is 0. The Kier molecular flexibility index (Phi) is 5.27. The molecule has 1 heterocycles. The van der Waals surface area contributed by atoms with E-state index in [4.69, 9.17) is 9.47 Å². The maximum absolute atomic E-state index is 12.9. The van der Waals surface area contributed by atoms with Gasteiger partial charge in [0.15, 0.2) is 0 Å². The maximum atomic E-state index is 12.9. The third-order valence-corrected chi connectivity index (χ3v) is 5.89. The highest BCUT2D eigenvalue weighted by Gasteiger charge is 2.25. The zero-order chi connectivity index (χ0) is 19.6. The van der Waals surface area contributed by atoms with Crippen LogP contribution in [0.1, 0.15) is 18.4 Å². The van der Waals surface area contributed by atoms with E-state index in [1.54, 1.807) is 29.2 Å². The molecule has 8 heteroatoms. The number of nitrogens with one attached hydrogen (secondary N) is 1. The number of anilines is 2. The van der Waals surface area contributed by atoms with Crippen LogP contribution >= 0.6 is 0 Å². The Bertz CT molecular complexity index is 972. The van der Waals surface area contributed by atoms with Gasteiger partial charge in [-0.2, -0.15) is 0 Å². The first-order valence-electron chi connectivity index (χ1n) is 8.51. The summed E-state index contributed by atoms with van der Waals surface area (Å²) in [6.07, 6.45) is 1.31. The molecule has 0 atom stereocenters. The lowest BCUT2D eigenvalue weighted by molar-refractivity contribution is -0.117. The van der Waals surface area contributed by atoms with Crippen LogP contribution in [0.5, 0.6) is 11.5 Å². The average molecular weight is 390 g/mol. The highest BCUT2D eigenvalue weighted by atomic mass is 32.2. The highest BCUT2D eigenvalue weighted by molar-refractivity contribution is 7.92. The smallest absolute Gasteiger partial charge is 0.265 e. The predicted octanol–water partition coefficient (Wildman–Crippen LogP) is 2.94. The lowest BCUT2D eigenvalue weighted by Crippen LogP contribution is -2.24. The van der Waals surface area contributed by atoms with Crippen LogP contribution in [0.2, 0.25) is 0 Å². The van der Waals surface area contributed by atoms with Crippen LogP contribution in [-0.2, 0) is 14.8 Å². The second-order valence-electron chi connectivity index (χ2n) is 6.27. The lowest BCUT2D eigenvalue weighted by atomic mass is 10.1. The summed E-state index contributed by atoms with van der Waals surface area (Å²) in [6, 6.07) is 9.71. The molecule has 0 radical (unpaired) electrons. The molecule has 0 saturated carbocycles. The van der Waals surface area contributed by atoms with Crippen molar-refractivity contribution in [1.29, 1.82) is 0 Å². The number of carbonyl (C=O) groups excluding carboxylic acids is 1. The zero-order valence-corrected chi connectivity index (χ0v) is 16.3. The van der Waals surface area contributed by atoms with E-state index in [0.29, 0.717) is 24.4 Å². The van der Waals surface area contributed by atoms with Gasteiger partial charge in [-0.05, 0) is 43.2 Å². The van der Waals surface area contributed by atoms with Crippen molar-refractivity contribution < 1.29 is 22.7 Å². The molecule has 1 saturated heterocycles. The van der Waals surface area contributed by atoms with Crippen molar-refractivity contribution in [3.63, 3.8) is 0 Å². The van der Waals surface area contributed by atoms with E-state index in [1.807, 2.05) is 6.92 Å². The van der Waals surface area contributed by atoms with Gasteiger partial charge in [0.05, 0.1) is 19.9 Å². The van der Waals surface area contributed by atoms with E-state index in [1.165, 1.54) is 26.4 Å². The quantitative estimate of drug-likeness (QED) is 0.820. The second-order valence-corrected chi connectivity index (χ2v) is 7.92. The fourth-order valence-corrected chi connectivity index (χ4v) is 4.31. The maximum Gasteiger partial charge on any atom is 0.265 e. The van der Waals surface area contributed by atoms with Crippen molar-refractivity contribution in [2.75, 3.05) is 30.4 Å². The van der Waals surface area contributed by atoms with Gasteiger partial charge < -0.3 is 14.4 Å². The minimum absolute atomic E-state index is 0.0243. The van der Waals surface area contributed by atoms with Crippen LogP contribution < -0.4 is 19.1 Å². The molecule has 1 aliphatic heterocycles. The van der Waals surface area contributed by atoms with Gasteiger partial charge in [0, 0.05) is 24.7 Å². The van der Waals surface area contributed by atoms with Crippen LogP contribution in [0.15, 0.2) is 41.3 Å². The predicted molar refractivity (Wildman–Crippen MR) is 103 cm³/mol. The molecule has 1 N–H and O–H groups in total. The molecule has 1 fully saturated rings. The third kappa shape index (κ3) is 3.85. The minimum atomic E-state index is -3.91. The van der Waals surface area contributed by atoms with E-state index in [-0.39, 0.29) is 16.6 Å². The first-order chi connectivity index (χ1) is 12.9. The molecule has 0 bridgehead atoms. The highest BCUT2D eigenvalue weighted by Crippen LogP contribution is 2.32. The Morgan fingerprint density at radius 2 is 1.85 bits per heavy atom. The van der Waals surface area contributed by atoms with E-state index in [9.17, 15) is 13.2 Å². The number of ether oxygens (including phenoxy) is 2. The second kappa shape index (κ2) is 7.48. The van der Waals surface area contributed by atoms with E-state index < -0.39 is 10.0 Å². The van der Waals surface area contributed by atoms with Crippen molar-refractivity contribution in [2.24, 2.45) is 0 Å². The first kappa shape index (κ1) is 19.0. The summed E-state index contributed by atoms with van der Waals surface area (Å²) in [5, 5.41) is 0. The Balaban J connectivity index is 1.96. The van der Waals surface area contributed by atoms with Crippen molar-refractivity contribution in [3.8, 4) is 11.5 Å². The van der Waals surface area contributed by atoms with Crippen LogP contribution in [0, 0.1) is 6.92 Å². The molecule has 2 aromatic rings. The molecule has 1 aliphatic rings. The molecule has 0 aliphatic carbocycles. The zero-order valence-electron chi connectivity index (χ0n) is 15.5. The number of carbonyl (C=O) groups is 1. The fraction of sp³-hybridized carbons (Fsp3) is 0.316. The van der Waals surface area contributed by atoms with Gasteiger partial charge in [-0.1, -0.05) is 6.07 Å². The number of methoxy groups -OCH3 is 2. The Morgan fingerprint density at radius 1 is 1.07 bits per heavy atom. The third-order valence-electron chi connectivity index (χ3n) is 4.49. The van der Waals surface area contributed by atoms with Crippen LogP contribution in [0.4, 0.5) is 11.4 Å². The Labute approximate surface area is 158 Å². The number of amides is 1. The molecular formula is C19H22N2O5S. The standard InChI is InChI=1S/C19H22N2O5S/c1-13-6-7-14(11-16(13)21-10-4-5-19(21)22)20-27(23,24)18-12-15(25-2)8-9-17(18)26-3/h6-9,11-12,20H,4-5,10H2,1-3H3. The molecule has 3 rings (SSSR count). The van der Waals surface area contributed by atoms with E-state index in [0.717, 1.165) is 17.7 Å². The summed E-state index contributed by atoms with van der Waals surface area (Å²) < 4.78 is 38.7. The minimum Gasteiger partial charge on any atom is -0.497 e. The molecule has 27 heavy (non-hydrogen) atoms. The van der Waals surface area contributed by atoms with Gasteiger partial charge >= 0.3 is 0 Å². The first-order valence-corrected chi connectivity index (χ1v) is 10.00. The molecule has 0 aromatic heterocycles. The number of benzene rings is 2. The van der Waals surface area contributed by atoms with Gasteiger partial charge in [-0.15, -0.1) is 0 Å². The average Bonchev–Trinajstić information content (AvgIpc) is 3.08. The number of hydrogen-bond donors (Lipinski definition) is 1. The van der Waals surface area contributed by atoms with Gasteiger partial charge in [-0.25, -0.2) is 8.42 Å². The lowest BCUT2D eigenvalue weighted by Gasteiger charge is -2.20. The Hall–Kier alpha value is -2.74. The van der Waals surface area contributed by atoms with Gasteiger partial charge in [0.2, 0.25) is 5.91 Å². The largest absolute Gasteiger partial charge is 0.497 e. The summed E-state index contributed by atoms with van der Waals surface area (Å²) in [7, 11) is -1.04. The topological polar surface area (TPSA) is 84.9 Å². The molecule has 144 valence electrons. The molecular weight excluding hydrogens is 368 g/mol. The number of sulfonamides is 1. The normalized spacial score (nSPS) is 14.3. The molecule has 2 aromatic carbocycles. The number of hydrogen-bond acceptors (Lipinski definition) is 5. The molecule has 7 nitrogen and oxygen atoms in total. The van der Waals surface area contributed by atoms with Gasteiger partial charge in [0.1, 0.15) is 16.4 Å². The van der Waals surface area contributed by atoms with Crippen molar-refractivity contribution >= 4 is 27.3 Å². The monoisotopic (exact) mass is 390 g/mol. The molecule has 0 unspecified atom stereocenters. The van der Waals surface area contributed by atoms with Crippen LogP contribution in [-0.4, -0.2) is 35.1 Å². The van der Waals surface area contributed by atoms with Crippen molar-refractivity contribution in [1.82, 2.24) is 0 Å². The molecule has 1 amide bonds. The summed E-state index contributed by atoms with van der Waals surface area (Å²) in [5.41, 5.74) is 2.00. The van der Waals surface area contributed by atoms with Crippen LogP contribution in [0.25, 0.3) is 0 Å². The summed E-state index contributed by atoms with van der Waals surface area (Å²) in [4.78, 5) is 13.7. The van der Waals surface area contributed by atoms with Gasteiger partial charge in [-0.3, -0.25) is 9.52 Å². The fourth-order valence-electron chi connectivity index (χ4n) is 3.07. The van der Waals surface area contributed by atoms with E-state index >= 15 is 0 Å². The van der Waals surface area contributed by atoms with Crippen molar-refractivity contribution in [3.05, 3.63) is 42.0 Å². The number of nitrogens with zero attached hydrogens (tertiary/aromatic N) is 1. The number of aryl methyl sites for hydroxylation is 1. The summed E-state index contributed by atoms with van der Waals surface area (Å²) in [6.45, 7) is 2.53. The summed E-state index contributed by atoms with van der Waals surface area (Å²) in [5.74, 6) is 0.668. The number of rotatable bonds is 6. The van der Waals surface area contributed by atoms with Gasteiger partial charge in [0.25, 0.3) is 10.0 Å². The van der Waals surface area contributed by atoms with E-state index in [2.05, 4.69) is 4.72 Å². The Morgan fingerprint density at radius 3 is 2.48 bits per heavy atom. The van der Waals surface area contributed by atoms with Crippen molar-refractivity contribution in [2.45, 2.75) is 24.7 Å². The van der Waals surface area contributed by atoms with Crippen LogP contribution in [0.3, 0.4) is 0 Å².